The second kappa shape index (κ2) is 11.8. The van der Waals surface area contributed by atoms with E-state index in [-0.39, 0.29) is 0 Å². The van der Waals surface area contributed by atoms with E-state index in [1.165, 1.54) is 5.56 Å². The van der Waals surface area contributed by atoms with Gasteiger partial charge in [-0.15, -0.1) is 0 Å². The van der Waals surface area contributed by atoms with Crippen LogP contribution in [0.4, 0.5) is 0 Å². The van der Waals surface area contributed by atoms with Crippen LogP contribution in [0, 0.1) is 6.92 Å². The molecule has 0 bridgehead atoms. The first-order valence-electron chi connectivity index (χ1n) is 6.08. The van der Waals surface area contributed by atoms with Gasteiger partial charge in [0, 0.05) is 25.2 Å². The summed E-state index contributed by atoms with van der Waals surface area (Å²) in [6.45, 7) is 16.6. The van der Waals surface area contributed by atoms with Gasteiger partial charge in [-0.25, -0.2) is 0 Å². The molecule has 16 heavy (non-hydrogen) atoms. The molecule has 1 aromatic heterocycles. The first kappa shape index (κ1) is 17.1. The molecular formula is C14H26N2. The van der Waals surface area contributed by atoms with Crippen molar-refractivity contribution in [3.63, 3.8) is 0 Å². The van der Waals surface area contributed by atoms with Crippen LogP contribution in [0.1, 0.15) is 45.9 Å². The van der Waals surface area contributed by atoms with Crippen LogP contribution in [0.2, 0.25) is 0 Å². The summed E-state index contributed by atoms with van der Waals surface area (Å²) < 4.78 is 1.97. The summed E-state index contributed by atoms with van der Waals surface area (Å²) in [5.74, 6) is 0. The lowest BCUT2D eigenvalue weighted by Crippen LogP contribution is -1.90. The molecule has 0 N–H and O–H groups in total. The molecule has 0 spiro atoms. The molecule has 0 aliphatic rings. The fourth-order valence-corrected chi connectivity index (χ4v) is 1.09. The number of aryl methyl sites for hydroxylation is 1. The molecule has 0 aliphatic heterocycles. The fraction of sp³-hybridized carbons (Fsp3) is 0.500. The second-order valence-corrected chi connectivity index (χ2v) is 2.66. The van der Waals surface area contributed by atoms with Crippen molar-refractivity contribution in [3.05, 3.63) is 30.1 Å². The average Bonchev–Trinajstić information content (AvgIpc) is 2.72. The van der Waals surface area contributed by atoms with Gasteiger partial charge < -0.3 is 4.57 Å². The van der Waals surface area contributed by atoms with Crippen LogP contribution in [-0.4, -0.2) is 17.3 Å². The van der Waals surface area contributed by atoms with E-state index in [9.17, 15) is 0 Å². The summed E-state index contributed by atoms with van der Waals surface area (Å²) in [5.41, 5.74) is 2.32. The zero-order chi connectivity index (χ0) is 13.0. The summed E-state index contributed by atoms with van der Waals surface area (Å²) in [7, 11) is 0. The van der Waals surface area contributed by atoms with Crippen molar-refractivity contribution in [1.82, 2.24) is 4.57 Å². The van der Waals surface area contributed by atoms with E-state index in [2.05, 4.69) is 24.6 Å². The molecule has 92 valence electrons. The van der Waals surface area contributed by atoms with Gasteiger partial charge in [-0.1, -0.05) is 34.3 Å². The molecule has 1 rings (SSSR count). The second-order valence-electron chi connectivity index (χ2n) is 2.66. The molecule has 2 heteroatoms. The van der Waals surface area contributed by atoms with Crippen LogP contribution in [0.15, 0.2) is 23.8 Å². The fourth-order valence-electron chi connectivity index (χ4n) is 1.09. The highest BCUT2D eigenvalue weighted by Crippen LogP contribution is 2.05. The van der Waals surface area contributed by atoms with Crippen molar-refractivity contribution in [2.45, 2.75) is 41.5 Å². The Morgan fingerprint density at radius 1 is 1.31 bits per heavy atom. The quantitative estimate of drug-likeness (QED) is 0.675. The Bertz CT molecular complexity index is 296. The van der Waals surface area contributed by atoms with Gasteiger partial charge in [0.2, 0.25) is 0 Å². The van der Waals surface area contributed by atoms with Gasteiger partial charge in [-0.2, -0.15) is 0 Å². The SMILES string of the molecule is C=Cn1cc(C)cc1C=NCC.CC.CC. The van der Waals surface area contributed by atoms with Gasteiger partial charge in [0.05, 0.1) is 5.69 Å². The van der Waals surface area contributed by atoms with E-state index < -0.39 is 0 Å². The standard InChI is InChI=1S/C10H14N2.2C2H6/c1-4-11-7-10-6-9(3)8-12(10)5-2;2*1-2/h5-8H,2,4H2,1,3H3;2*1-2H3. The first-order valence-corrected chi connectivity index (χ1v) is 6.08. The van der Waals surface area contributed by atoms with Crippen LogP contribution < -0.4 is 0 Å². The Balaban J connectivity index is 0. The number of rotatable bonds is 3. The predicted molar refractivity (Wildman–Crippen MR) is 76.4 cm³/mol. The lowest BCUT2D eigenvalue weighted by atomic mass is 10.3. The summed E-state index contributed by atoms with van der Waals surface area (Å²) >= 11 is 0. The molecule has 0 atom stereocenters. The minimum Gasteiger partial charge on any atom is -0.323 e. The van der Waals surface area contributed by atoms with Crippen molar-refractivity contribution < 1.29 is 0 Å². The third-order valence-corrected chi connectivity index (χ3v) is 1.62. The highest BCUT2D eigenvalue weighted by atomic mass is 14.9. The maximum absolute atomic E-state index is 4.17. The largest absolute Gasteiger partial charge is 0.323 e. The minimum absolute atomic E-state index is 0.821. The van der Waals surface area contributed by atoms with Crippen LogP contribution in [0.3, 0.4) is 0 Å². The van der Waals surface area contributed by atoms with E-state index in [0.29, 0.717) is 0 Å². The Morgan fingerprint density at radius 3 is 2.31 bits per heavy atom. The predicted octanol–water partition coefficient (Wildman–Crippen LogP) is 4.39. The minimum atomic E-state index is 0.821. The van der Waals surface area contributed by atoms with Crippen LogP contribution >= 0.6 is 0 Å². The van der Waals surface area contributed by atoms with Crippen LogP contribution in [-0.2, 0) is 0 Å². The highest BCUT2D eigenvalue weighted by molar-refractivity contribution is 5.79. The Morgan fingerprint density at radius 2 is 1.88 bits per heavy atom. The van der Waals surface area contributed by atoms with Crippen molar-refractivity contribution in [2.24, 2.45) is 4.99 Å². The molecule has 1 heterocycles. The summed E-state index contributed by atoms with van der Waals surface area (Å²) in [5, 5.41) is 0. The van der Waals surface area contributed by atoms with Gasteiger partial charge in [0.1, 0.15) is 0 Å². The molecular weight excluding hydrogens is 196 g/mol. The molecule has 2 nitrogen and oxygen atoms in total. The van der Waals surface area contributed by atoms with Crippen LogP contribution in [0.25, 0.3) is 6.20 Å². The Hall–Kier alpha value is -1.31. The number of hydrogen-bond acceptors (Lipinski definition) is 1. The van der Waals surface area contributed by atoms with E-state index in [1.54, 1.807) is 6.20 Å². The highest BCUT2D eigenvalue weighted by Gasteiger charge is 1.96. The number of nitrogens with zero attached hydrogens (tertiary/aromatic N) is 2. The lowest BCUT2D eigenvalue weighted by molar-refractivity contribution is 1.11. The molecule has 0 amide bonds. The summed E-state index contributed by atoms with van der Waals surface area (Å²) in [4.78, 5) is 4.17. The molecule has 0 aliphatic carbocycles. The Kier molecular flexibility index (Phi) is 12.6. The maximum Gasteiger partial charge on any atom is 0.0631 e. The van der Waals surface area contributed by atoms with E-state index >= 15 is 0 Å². The lowest BCUT2D eigenvalue weighted by Gasteiger charge is -1.94. The maximum atomic E-state index is 4.17. The Labute approximate surface area is 101 Å². The molecule has 0 saturated carbocycles. The molecule has 0 saturated heterocycles. The molecule has 0 unspecified atom stereocenters. The zero-order valence-electron chi connectivity index (χ0n) is 11.6. The van der Waals surface area contributed by atoms with Gasteiger partial charge in [-0.3, -0.25) is 4.99 Å². The smallest absolute Gasteiger partial charge is 0.0631 e. The van der Waals surface area contributed by atoms with E-state index in [4.69, 9.17) is 0 Å². The number of aliphatic imine (C=N–C) groups is 1. The van der Waals surface area contributed by atoms with Crippen molar-refractivity contribution in [3.8, 4) is 0 Å². The van der Waals surface area contributed by atoms with Crippen molar-refractivity contribution in [2.75, 3.05) is 6.54 Å². The van der Waals surface area contributed by atoms with Crippen LogP contribution in [0.5, 0.6) is 0 Å². The summed E-state index contributed by atoms with van der Waals surface area (Å²) in [6, 6.07) is 2.08. The monoisotopic (exact) mass is 222 g/mol. The van der Waals surface area contributed by atoms with Crippen molar-refractivity contribution >= 4 is 12.4 Å². The summed E-state index contributed by atoms with van der Waals surface area (Å²) in [6.07, 6.45) is 5.68. The molecule has 0 aromatic carbocycles. The third kappa shape index (κ3) is 6.23. The van der Waals surface area contributed by atoms with Gasteiger partial charge in [-0.05, 0) is 25.5 Å². The van der Waals surface area contributed by atoms with Crippen molar-refractivity contribution in [1.29, 1.82) is 0 Å². The molecule has 1 aromatic rings. The van der Waals surface area contributed by atoms with E-state index in [1.807, 2.05) is 51.6 Å². The first-order chi connectivity index (χ1) is 7.77. The van der Waals surface area contributed by atoms with E-state index in [0.717, 1.165) is 12.2 Å². The van der Waals surface area contributed by atoms with Gasteiger partial charge in [0.15, 0.2) is 0 Å². The zero-order valence-corrected chi connectivity index (χ0v) is 11.6. The average molecular weight is 222 g/mol. The van der Waals surface area contributed by atoms with Gasteiger partial charge >= 0.3 is 0 Å². The molecule has 0 radical (unpaired) electrons. The normalized spacial score (nSPS) is 8.88. The van der Waals surface area contributed by atoms with Gasteiger partial charge in [0.25, 0.3) is 0 Å². The number of hydrogen-bond donors (Lipinski definition) is 0. The molecule has 0 fully saturated rings. The third-order valence-electron chi connectivity index (χ3n) is 1.62. The number of aromatic nitrogens is 1. The topological polar surface area (TPSA) is 17.3 Å².